The molecule has 2 aromatic rings. The molecule has 112 valence electrons. The Morgan fingerprint density at radius 2 is 2.00 bits per heavy atom. The lowest BCUT2D eigenvalue weighted by molar-refractivity contribution is 0.0743. The summed E-state index contributed by atoms with van der Waals surface area (Å²) in [6, 6.07) is 9.63. The number of aromatic nitrogens is 1. The molecule has 1 aromatic heterocycles. The van der Waals surface area contributed by atoms with Crippen LogP contribution in [0.4, 0.5) is 0 Å². The zero-order chi connectivity index (χ0) is 15.4. The molecule has 21 heavy (non-hydrogen) atoms. The summed E-state index contributed by atoms with van der Waals surface area (Å²) < 4.78 is 7.89. The van der Waals surface area contributed by atoms with Crippen molar-refractivity contribution in [3.63, 3.8) is 0 Å². The second-order valence-electron chi connectivity index (χ2n) is 4.82. The number of hydrogen-bond donors (Lipinski definition) is 0. The van der Waals surface area contributed by atoms with Crippen LogP contribution in [0.1, 0.15) is 23.0 Å². The maximum atomic E-state index is 12.6. The zero-order valence-corrected chi connectivity index (χ0v) is 14.1. The quantitative estimate of drug-likeness (QED) is 0.827. The Balaban J connectivity index is 2.15. The van der Waals surface area contributed by atoms with Crippen LogP contribution in [0.2, 0.25) is 0 Å². The number of benzene rings is 1. The Bertz CT molecular complexity index is 620. The number of carbonyl (C=O) groups is 1. The lowest BCUT2D eigenvalue weighted by atomic mass is 10.2. The van der Waals surface area contributed by atoms with Crippen molar-refractivity contribution in [2.75, 3.05) is 13.7 Å². The third kappa shape index (κ3) is 3.67. The van der Waals surface area contributed by atoms with Crippen molar-refractivity contribution < 1.29 is 9.53 Å². The van der Waals surface area contributed by atoms with Crippen molar-refractivity contribution in [2.45, 2.75) is 13.5 Å². The molecule has 4 nitrogen and oxygen atoms in total. The Morgan fingerprint density at radius 1 is 1.33 bits per heavy atom. The first-order valence-corrected chi connectivity index (χ1v) is 7.58. The van der Waals surface area contributed by atoms with Crippen LogP contribution in [-0.4, -0.2) is 29.0 Å². The van der Waals surface area contributed by atoms with Crippen molar-refractivity contribution >= 4 is 21.8 Å². The highest BCUT2D eigenvalue weighted by Gasteiger charge is 2.18. The molecule has 0 radical (unpaired) electrons. The van der Waals surface area contributed by atoms with Gasteiger partial charge in [-0.3, -0.25) is 4.79 Å². The average molecular weight is 351 g/mol. The van der Waals surface area contributed by atoms with Crippen molar-refractivity contribution in [2.24, 2.45) is 7.05 Å². The summed E-state index contributed by atoms with van der Waals surface area (Å²) in [7, 11) is 3.52. The lowest BCUT2D eigenvalue weighted by Gasteiger charge is -2.21. The SMILES string of the molecule is CCN(Cc1ccc(OC)cc1)C(=O)c1cc(Br)cn1C. The number of aryl methyl sites for hydroxylation is 1. The highest BCUT2D eigenvalue weighted by Crippen LogP contribution is 2.18. The maximum Gasteiger partial charge on any atom is 0.270 e. The van der Waals surface area contributed by atoms with E-state index >= 15 is 0 Å². The fourth-order valence-corrected chi connectivity index (χ4v) is 2.70. The normalized spacial score (nSPS) is 10.5. The van der Waals surface area contributed by atoms with Gasteiger partial charge in [0, 0.05) is 30.8 Å². The summed E-state index contributed by atoms with van der Waals surface area (Å²) >= 11 is 3.40. The molecule has 1 aromatic carbocycles. The minimum absolute atomic E-state index is 0.0292. The number of methoxy groups -OCH3 is 1. The third-order valence-corrected chi connectivity index (χ3v) is 3.83. The van der Waals surface area contributed by atoms with E-state index in [4.69, 9.17) is 4.74 Å². The molecule has 1 amide bonds. The van der Waals surface area contributed by atoms with Gasteiger partial charge in [-0.05, 0) is 46.6 Å². The first-order chi connectivity index (χ1) is 10.0. The summed E-state index contributed by atoms with van der Waals surface area (Å²) in [6.07, 6.45) is 1.88. The summed E-state index contributed by atoms with van der Waals surface area (Å²) in [5.41, 5.74) is 1.76. The predicted molar refractivity (Wildman–Crippen MR) is 86.5 cm³/mol. The Kier molecular flexibility index (Phi) is 5.07. The van der Waals surface area contributed by atoms with E-state index in [1.54, 1.807) is 7.11 Å². The van der Waals surface area contributed by atoms with Gasteiger partial charge in [-0.1, -0.05) is 12.1 Å². The molecule has 0 atom stereocenters. The first kappa shape index (κ1) is 15.6. The number of rotatable bonds is 5. The molecule has 0 saturated carbocycles. The van der Waals surface area contributed by atoms with Crippen LogP contribution in [0.3, 0.4) is 0 Å². The van der Waals surface area contributed by atoms with Crippen molar-refractivity contribution in [1.29, 1.82) is 0 Å². The van der Waals surface area contributed by atoms with Gasteiger partial charge in [0.25, 0.3) is 5.91 Å². The monoisotopic (exact) mass is 350 g/mol. The summed E-state index contributed by atoms with van der Waals surface area (Å²) in [6.45, 7) is 3.23. The van der Waals surface area contributed by atoms with Crippen LogP contribution >= 0.6 is 15.9 Å². The van der Waals surface area contributed by atoms with Crippen LogP contribution in [0, 0.1) is 0 Å². The van der Waals surface area contributed by atoms with E-state index in [1.165, 1.54) is 0 Å². The first-order valence-electron chi connectivity index (χ1n) is 6.79. The van der Waals surface area contributed by atoms with Crippen LogP contribution in [0.5, 0.6) is 5.75 Å². The Labute approximate surface area is 133 Å². The van der Waals surface area contributed by atoms with Crippen LogP contribution in [0.15, 0.2) is 41.0 Å². The van der Waals surface area contributed by atoms with Gasteiger partial charge in [0.2, 0.25) is 0 Å². The Morgan fingerprint density at radius 3 is 2.48 bits per heavy atom. The molecule has 0 bridgehead atoms. The van der Waals surface area contributed by atoms with Crippen molar-refractivity contribution in [3.8, 4) is 5.75 Å². The largest absolute Gasteiger partial charge is 0.497 e. The maximum absolute atomic E-state index is 12.6. The van der Waals surface area contributed by atoms with Gasteiger partial charge in [0.15, 0.2) is 0 Å². The topological polar surface area (TPSA) is 34.5 Å². The van der Waals surface area contributed by atoms with Gasteiger partial charge in [-0.2, -0.15) is 0 Å². The highest BCUT2D eigenvalue weighted by atomic mass is 79.9. The molecule has 0 unspecified atom stereocenters. The number of amides is 1. The molecule has 0 aliphatic heterocycles. The van der Waals surface area contributed by atoms with E-state index in [9.17, 15) is 4.79 Å². The third-order valence-electron chi connectivity index (χ3n) is 3.39. The molecule has 0 saturated heterocycles. The van der Waals surface area contributed by atoms with Gasteiger partial charge < -0.3 is 14.2 Å². The lowest BCUT2D eigenvalue weighted by Crippen LogP contribution is -2.31. The van der Waals surface area contributed by atoms with Crippen molar-refractivity contribution in [1.82, 2.24) is 9.47 Å². The van der Waals surface area contributed by atoms with Crippen LogP contribution in [-0.2, 0) is 13.6 Å². The molecular formula is C16H19BrN2O2. The number of hydrogen-bond acceptors (Lipinski definition) is 2. The summed E-state index contributed by atoms with van der Waals surface area (Å²) in [4.78, 5) is 14.4. The minimum atomic E-state index is 0.0292. The van der Waals surface area contributed by atoms with E-state index in [2.05, 4.69) is 15.9 Å². The van der Waals surface area contributed by atoms with E-state index in [0.29, 0.717) is 18.8 Å². The molecule has 5 heteroatoms. The van der Waals surface area contributed by atoms with Gasteiger partial charge in [0.05, 0.1) is 7.11 Å². The summed E-state index contributed by atoms with van der Waals surface area (Å²) in [5.74, 6) is 0.848. The number of halogens is 1. The molecule has 1 heterocycles. The molecule has 0 aliphatic rings. The number of ether oxygens (including phenoxy) is 1. The van der Waals surface area contributed by atoms with Gasteiger partial charge >= 0.3 is 0 Å². The van der Waals surface area contributed by atoms with E-state index in [1.807, 2.05) is 60.0 Å². The number of carbonyl (C=O) groups excluding carboxylic acids is 1. The summed E-state index contributed by atoms with van der Waals surface area (Å²) in [5, 5.41) is 0. The van der Waals surface area contributed by atoms with Gasteiger partial charge in [-0.25, -0.2) is 0 Å². The average Bonchev–Trinajstić information content (AvgIpc) is 2.83. The van der Waals surface area contributed by atoms with Crippen LogP contribution < -0.4 is 4.74 Å². The number of nitrogens with zero attached hydrogens (tertiary/aromatic N) is 2. The predicted octanol–water partition coefficient (Wildman–Crippen LogP) is 3.46. The second-order valence-corrected chi connectivity index (χ2v) is 5.74. The van der Waals surface area contributed by atoms with E-state index in [0.717, 1.165) is 15.8 Å². The molecule has 0 N–H and O–H groups in total. The smallest absolute Gasteiger partial charge is 0.270 e. The van der Waals surface area contributed by atoms with E-state index < -0.39 is 0 Å². The molecule has 0 fully saturated rings. The second kappa shape index (κ2) is 6.80. The fraction of sp³-hybridized carbons (Fsp3) is 0.312. The van der Waals surface area contributed by atoms with Crippen LogP contribution in [0.25, 0.3) is 0 Å². The van der Waals surface area contributed by atoms with Gasteiger partial charge in [0.1, 0.15) is 11.4 Å². The van der Waals surface area contributed by atoms with Gasteiger partial charge in [-0.15, -0.1) is 0 Å². The fourth-order valence-electron chi connectivity index (χ4n) is 2.18. The Hall–Kier alpha value is -1.75. The molecule has 2 rings (SSSR count). The standard InChI is InChI=1S/C16H19BrN2O2/c1-4-19(10-12-5-7-14(21-3)8-6-12)16(20)15-9-13(17)11-18(15)2/h5-9,11H,4,10H2,1-3H3. The highest BCUT2D eigenvalue weighted by molar-refractivity contribution is 9.10. The molecule has 0 spiro atoms. The van der Waals surface area contributed by atoms with Crippen molar-refractivity contribution in [3.05, 3.63) is 52.3 Å². The van der Waals surface area contributed by atoms with E-state index in [-0.39, 0.29) is 5.91 Å². The minimum Gasteiger partial charge on any atom is -0.497 e. The molecular weight excluding hydrogens is 332 g/mol. The zero-order valence-electron chi connectivity index (χ0n) is 12.5. The molecule has 0 aliphatic carbocycles.